The highest BCUT2D eigenvalue weighted by Gasteiger charge is 2.07. The number of hydrogen-bond donors (Lipinski definition) is 2. The number of aromatic nitrogens is 1. The standard InChI is InChI=1S/C22H26N4O2.HI/c1-4-23-22(24-13-17-10-11-20(27-3)16(2)12-17)25-14-19-15-28-21(26-19)18-8-6-5-7-9-18;/h5-12,15H,4,13-14H2,1-3H3,(H2,23,24,25);1H. The number of oxazole rings is 1. The molecule has 1 heterocycles. The molecule has 0 aliphatic heterocycles. The maximum Gasteiger partial charge on any atom is 0.226 e. The zero-order chi connectivity index (χ0) is 19.8. The van der Waals surface area contributed by atoms with E-state index in [1.165, 1.54) is 0 Å². The second kappa shape index (κ2) is 11.5. The van der Waals surface area contributed by atoms with Crippen LogP contribution < -0.4 is 15.4 Å². The molecule has 3 rings (SSSR count). The minimum absolute atomic E-state index is 0. The second-order valence-corrected chi connectivity index (χ2v) is 6.36. The fraction of sp³-hybridized carbons (Fsp3) is 0.273. The van der Waals surface area contributed by atoms with Gasteiger partial charge in [-0.1, -0.05) is 30.3 Å². The number of methoxy groups -OCH3 is 1. The van der Waals surface area contributed by atoms with E-state index in [1.54, 1.807) is 13.4 Å². The van der Waals surface area contributed by atoms with Crippen molar-refractivity contribution in [1.82, 2.24) is 15.6 Å². The number of halogens is 1. The Morgan fingerprint density at radius 3 is 2.62 bits per heavy atom. The Bertz CT molecular complexity index is 926. The van der Waals surface area contributed by atoms with Gasteiger partial charge in [0.2, 0.25) is 5.89 Å². The molecule has 0 spiro atoms. The summed E-state index contributed by atoms with van der Waals surface area (Å²) in [6.07, 6.45) is 1.67. The molecule has 3 aromatic rings. The van der Waals surface area contributed by atoms with Crippen LogP contribution >= 0.6 is 24.0 Å². The van der Waals surface area contributed by atoms with Gasteiger partial charge in [-0.3, -0.25) is 0 Å². The van der Waals surface area contributed by atoms with Crippen molar-refractivity contribution in [3.63, 3.8) is 0 Å². The molecule has 1 aromatic heterocycles. The molecule has 0 unspecified atom stereocenters. The third-order valence-electron chi connectivity index (χ3n) is 4.23. The number of nitrogens with one attached hydrogen (secondary N) is 2. The summed E-state index contributed by atoms with van der Waals surface area (Å²) in [5, 5.41) is 6.56. The average Bonchev–Trinajstić information content (AvgIpc) is 3.20. The molecule has 29 heavy (non-hydrogen) atoms. The van der Waals surface area contributed by atoms with Crippen LogP contribution in [-0.2, 0) is 13.1 Å². The smallest absolute Gasteiger partial charge is 0.226 e. The van der Waals surface area contributed by atoms with Crippen molar-refractivity contribution in [1.29, 1.82) is 0 Å². The van der Waals surface area contributed by atoms with Gasteiger partial charge in [0.25, 0.3) is 0 Å². The average molecular weight is 506 g/mol. The van der Waals surface area contributed by atoms with E-state index in [1.807, 2.05) is 56.3 Å². The van der Waals surface area contributed by atoms with E-state index in [4.69, 9.17) is 9.15 Å². The Labute approximate surface area is 188 Å². The molecule has 2 aromatic carbocycles. The fourth-order valence-electron chi connectivity index (χ4n) is 2.83. The first-order valence-corrected chi connectivity index (χ1v) is 9.35. The van der Waals surface area contributed by atoms with Crippen LogP contribution in [0.1, 0.15) is 23.7 Å². The highest BCUT2D eigenvalue weighted by atomic mass is 127. The molecule has 7 heteroatoms. The number of rotatable bonds is 7. The Morgan fingerprint density at radius 1 is 1.14 bits per heavy atom. The number of nitrogens with zero attached hydrogens (tertiary/aromatic N) is 2. The minimum Gasteiger partial charge on any atom is -0.496 e. The summed E-state index contributed by atoms with van der Waals surface area (Å²) in [7, 11) is 1.68. The molecule has 0 aliphatic rings. The van der Waals surface area contributed by atoms with Gasteiger partial charge in [-0.05, 0) is 43.2 Å². The van der Waals surface area contributed by atoms with Crippen molar-refractivity contribution in [2.75, 3.05) is 13.7 Å². The highest BCUT2D eigenvalue weighted by Crippen LogP contribution is 2.19. The first-order valence-electron chi connectivity index (χ1n) is 9.35. The van der Waals surface area contributed by atoms with Crippen molar-refractivity contribution in [2.24, 2.45) is 4.99 Å². The van der Waals surface area contributed by atoms with E-state index in [0.717, 1.165) is 40.6 Å². The van der Waals surface area contributed by atoms with E-state index in [-0.39, 0.29) is 24.0 Å². The van der Waals surface area contributed by atoms with E-state index in [2.05, 4.69) is 26.7 Å². The zero-order valence-corrected chi connectivity index (χ0v) is 19.3. The maximum atomic E-state index is 5.58. The molecule has 0 saturated heterocycles. The minimum atomic E-state index is 0. The molecule has 0 aliphatic carbocycles. The molecule has 0 fully saturated rings. The lowest BCUT2D eigenvalue weighted by atomic mass is 10.1. The zero-order valence-electron chi connectivity index (χ0n) is 16.9. The number of aliphatic imine (C=N–C) groups is 1. The summed E-state index contributed by atoms with van der Waals surface area (Å²) >= 11 is 0. The molecule has 2 N–H and O–H groups in total. The SMILES string of the molecule is CCNC(=NCc1ccc(OC)c(C)c1)NCc1coc(-c2ccccc2)n1.I. The maximum absolute atomic E-state index is 5.58. The van der Waals surface area contributed by atoms with Gasteiger partial charge in [-0.15, -0.1) is 24.0 Å². The largest absolute Gasteiger partial charge is 0.496 e. The topological polar surface area (TPSA) is 71.7 Å². The molecule has 0 radical (unpaired) electrons. The van der Waals surface area contributed by atoms with Gasteiger partial charge in [-0.2, -0.15) is 0 Å². The summed E-state index contributed by atoms with van der Waals surface area (Å²) in [6, 6.07) is 16.0. The van der Waals surface area contributed by atoms with Crippen molar-refractivity contribution in [2.45, 2.75) is 26.9 Å². The Morgan fingerprint density at radius 2 is 1.93 bits per heavy atom. The molecule has 0 amide bonds. The predicted molar refractivity (Wildman–Crippen MR) is 127 cm³/mol. The van der Waals surface area contributed by atoms with Gasteiger partial charge >= 0.3 is 0 Å². The molecule has 154 valence electrons. The monoisotopic (exact) mass is 506 g/mol. The normalized spacial score (nSPS) is 10.9. The summed E-state index contributed by atoms with van der Waals surface area (Å²) in [6.45, 7) is 5.96. The highest BCUT2D eigenvalue weighted by molar-refractivity contribution is 14.0. The molecule has 6 nitrogen and oxygen atoms in total. The second-order valence-electron chi connectivity index (χ2n) is 6.36. The number of ether oxygens (including phenoxy) is 1. The van der Waals surface area contributed by atoms with E-state index >= 15 is 0 Å². The summed E-state index contributed by atoms with van der Waals surface area (Å²) in [5.74, 6) is 2.24. The Balaban J connectivity index is 0.00000300. The van der Waals surface area contributed by atoms with Crippen LogP contribution in [-0.4, -0.2) is 24.6 Å². The van der Waals surface area contributed by atoms with Crippen LogP contribution in [0, 0.1) is 6.92 Å². The number of guanidine groups is 1. The number of aryl methyl sites for hydroxylation is 1. The summed E-state index contributed by atoms with van der Waals surface area (Å²) < 4.78 is 10.9. The quantitative estimate of drug-likeness (QED) is 0.280. The van der Waals surface area contributed by atoms with Crippen molar-refractivity contribution in [3.05, 3.63) is 71.6 Å². The summed E-state index contributed by atoms with van der Waals surface area (Å²) in [5.41, 5.74) is 4.02. The molecular weight excluding hydrogens is 479 g/mol. The predicted octanol–water partition coefficient (Wildman–Crippen LogP) is 4.53. The molecule has 0 saturated carbocycles. The Hall–Kier alpha value is -2.55. The number of hydrogen-bond acceptors (Lipinski definition) is 4. The lowest BCUT2D eigenvalue weighted by molar-refractivity contribution is 0.411. The van der Waals surface area contributed by atoms with E-state index in [9.17, 15) is 0 Å². The van der Waals surface area contributed by atoms with Gasteiger partial charge in [-0.25, -0.2) is 9.98 Å². The fourth-order valence-corrected chi connectivity index (χ4v) is 2.83. The molecular formula is C22H27IN4O2. The van der Waals surface area contributed by atoms with Crippen molar-refractivity contribution < 1.29 is 9.15 Å². The molecule has 0 bridgehead atoms. The van der Waals surface area contributed by atoms with Gasteiger partial charge in [0.05, 0.1) is 25.9 Å². The lowest BCUT2D eigenvalue weighted by Crippen LogP contribution is -2.36. The van der Waals surface area contributed by atoms with Crippen LogP contribution in [0.15, 0.2) is 64.2 Å². The first kappa shape index (κ1) is 22.7. The van der Waals surface area contributed by atoms with Gasteiger partial charge < -0.3 is 19.8 Å². The van der Waals surface area contributed by atoms with Gasteiger partial charge in [0, 0.05) is 12.1 Å². The lowest BCUT2D eigenvalue weighted by Gasteiger charge is -2.10. The van der Waals surface area contributed by atoms with Crippen LogP contribution in [0.4, 0.5) is 0 Å². The van der Waals surface area contributed by atoms with Crippen LogP contribution in [0.2, 0.25) is 0 Å². The van der Waals surface area contributed by atoms with E-state index < -0.39 is 0 Å². The van der Waals surface area contributed by atoms with E-state index in [0.29, 0.717) is 19.0 Å². The van der Waals surface area contributed by atoms with Crippen molar-refractivity contribution in [3.8, 4) is 17.2 Å². The first-order chi connectivity index (χ1) is 13.7. The van der Waals surface area contributed by atoms with Gasteiger partial charge in [0.1, 0.15) is 12.0 Å². The van der Waals surface area contributed by atoms with Crippen LogP contribution in [0.5, 0.6) is 5.75 Å². The summed E-state index contributed by atoms with van der Waals surface area (Å²) in [4.78, 5) is 9.19. The number of benzene rings is 2. The molecule has 0 atom stereocenters. The van der Waals surface area contributed by atoms with Crippen LogP contribution in [0.25, 0.3) is 11.5 Å². The third-order valence-corrected chi connectivity index (χ3v) is 4.23. The van der Waals surface area contributed by atoms with Gasteiger partial charge in [0.15, 0.2) is 5.96 Å². The van der Waals surface area contributed by atoms with Crippen LogP contribution in [0.3, 0.4) is 0 Å². The Kier molecular flexibility index (Phi) is 8.98. The van der Waals surface area contributed by atoms with Crippen molar-refractivity contribution >= 4 is 29.9 Å². The third kappa shape index (κ3) is 6.49.